The molecule has 10 heavy (non-hydrogen) atoms. The van der Waals surface area contributed by atoms with Crippen LogP contribution in [-0.4, -0.2) is 0 Å². The lowest BCUT2D eigenvalue weighted by Crippen LogP contribution is -1.96. The van der Waals surface area contributed by atoms with Gasteiger partial charge in [-0.3, -0.25) is 0 Å². The van der Waals surface area contributed by atoms with Crippen molar-refractivity contribution in [3.63, 3.8) is 0 Å². The van der Waals surface area contributed by atoms with E-state index in [1.165, 1.54) is 0 Å². The minimum Gasteiger partial charge on any atom is -0.399 e. The first-order valence-corrected chi connectivity index (χ1v) is 3.14. The fraction of sp³-hybridized carbons (Fsp3) is 0. The molecule has 0 aromatic carbocycles. The second-order valence-corrected chi connectivity index (χ2v) is 2.45. The van der Waals surface area contributed by atoms with Gasteiger partial charge >= 0.3 is 0 Å². The van der Waals surface area contributed by atoms with Crippen LogP contribution in [0.4, 0.5) is 0 Å². The molecule has 0 aromatic rings. The third-order valence-corrected chi connectivity index (χ3v) is 1.70. The van der Waals surface area contributed by atoms with Gasteiger partial charge in [-0.2, -0.15) is 0 Å². The third kappa shape index (κ3) is 0.530. The molecule has 2 aliphatic carbocycles. The smallest absolute Gasteiger partial charge is 0.0394 e. The van der Waals surface area contributed by atoms with Crippen LogP contribution in [-0.2, 0) is 0 Å². The van der Waals surface area contributed by atoms with Crippen molar-refractivity contribution in [1.82, 2.24) is 0 Å². The monoisotopic (exact) mass is 132 g/mol. The summed E-state index contributed by atoms with van der Waals surface area (Å²) < 4.78 is 0. The van der Waals surface area contributed by atoms with Crippen molar-refractivity contribution in [2.75, 3.05) is 0 Å². The molecule has 2 nitrogen and oxygen atoms in total. The molecule has 0 saturated carbocycles. The van der Waals surface area contributed by atoms with E-state index in [0.717, 1.165) is 22.5 Å². The van der Waals surface area contributed by atoms with Crippen LogP contribution in [0.1, 0.15) is 0 Å². The summed E-state index contributed by atoms with van der Waals surface area (Å²) in [6.07, 6.45) is 7.68. The zero-order chi connectivity index (χ0) is 7.14. The van der Waals surface area contributed by atoms with Crippen LogP contribution in [0, 0.1) is 0 Å². The minimum absolute atomic E-state index is 0.789. The summed E-state index contributed by atoms with van der Waals surface area (Å²) in [6.45, 7) is 0. The summed E-state index contributed by atoms with van der Waals surface area (Å²) in [7, 11) is 0. The van der Waals surface area contributed by atoms with Crippen LogP contribution < -0.4 is 11.5 Å². The van der Waals surface area contributed by atoms with Gasteiger partial charge in [-0.25, -0.2) is 0 Å². The van der Waals surface area contributed by atoms with Crippen LogP contribution >= 0.6 is 0 Å². The molecular formula is C8H8N2. The van der Waals surface area contributed by atoms with Crippen LogP contribution in [0.25, 0.3) is 0 Å². The van der Waals surface area contributed by atoms with Gasteiger partial charge in [0, 0.05) is 17.0 Å². The van der Waals surface area contributed by atoms with Crippen molar-refractivity contribution >= 4 is 0 Å². The van der Waals surface area contributed by atoms with Crippen molar-refractivity contribution < 1.29 is 0 Å². The average molecular weight is 132 g/mol. The van der Waals surface area contributed by atoms with E-state index in [4.69, 9.17) is 11.5 Å². The predicted octanol–water partition coefficient (Wildman–Crippen LogP) is 0.552. The quantitative estimate of drug-likeness (QED) is 0.505. The van der Waals surface area contributed by atoms with Crippen LogP contribution in [0.15, 0.2) is 46.8 Å². The molecule has 0 fully saturated rings. The Morgan fingerprint density at radius 3 is 2.50 bits per heavy atom. The molecule has 0 amide bonds. The number of allylic oxidation sites excluding steroid dienone is 5. The Morgan fingerprint density at radius 1 is 1.00 bits per heavy atom. The van der Waals surface area contributed by atoms with E-state index < -0.39 is 0 Å². The maximum atomic E-state index is 5.63. The van der Waals surface area contributed by atoms with Gasteiger partial charge in [0.25, 0.3) is 0 Å². The Morgan fingerprint density at radius 2 is 1.80 bits per heavy atom. The zero-order valence-electron chi connectivity index (χ0n) is 5.46. The van der Waals surface area contributed by atoms with Crippen LogP contribution in [0.3, 0.4) is 0 Å². The topological polar surface area (TPSA) is 52.0 Å². The molecule has 0 atom stereocenters. The lowest BCUT2D eigenvalue weighted by Gasteiger charge is -1.94. The highest BCUT2D eigenvalue weighted by molar-refractivity contribution is 5.65. The largest absolute Gasteiger partial charge is 0.399 e. The molecule has 0 bridgehead atoms. The fourth-order valence-corrected chi connectivity index (χ4v) is 1.21. The second kappa shape index (κ2) is 1.53. The van der Waals surface area contributed by atoms with Crippen molar-refractivity contribution in [3.8, 4) is 0 Å². The molecule has 2 aliphatic rings. The standard InChI is InChI=1S/C8H8N2/c9-6-3-5-1-2-8(10)7(5)4-6/h1-4H,9-10H2. The van der Waals surface area contributed by atoms with Gasteiger partial charge in [-0.15, -0.1) is 0 Å². The molecule has 2 heteroatoms. The van der Waals surface area contributed by atoms with Gasteiger partial charge < -0.3 is 11.5 Å². The van der Waals surface area contributed by atoms with Gasteiger partial charge in [0.1, 0.15) is 0 Å². The van der Waals surface area contributed by atoms with E-state index in [-0.39, 0.29) is 0 Å². The summed E-state index contributed by atoms with van der Waals surface area (Å²) in [4.78, 5) is 0. The van der Waals surface area contributed by atoms with E-state index in [1.807, 2.05) is 24.3 Å². The van der Waals surface area contributed by atoms with Crippen molar-refractivity contribution in [2.24, 2.45) is 11.5 Å². The summed E-state index contributed by atoms with van der Waals surface area (Å²) in [5.41, 5.74) is 15.0. The molecule has 2 rings (SSSR count). The molecule has 0 aliphatic heterocycles. The van der Waals surface area contributed by atoms with E-state index >= 15 is 0 Å². The van der Waals surface area contributed by atoms with E-state index in [2.05, 4.69) is 0 Å². The lowest BCUT2D eigenvalue weighted by molar-refractivity contribution is 1.37. The van der Waals surface area contributed by atoms with Crippen molar-refractivity contribution in [3.05, 3.63) is 46.8 Å². The summed E-state index contributed by atoms with van der Waals surface area (Å²) >= 11 is 0. The van der Waals surface area contributed by atoms with E-state index in [9.17, 15) is 0 Å². The average Bonchev–Trinajstić information content (AvgIpc) is 2.35. The summed E-state index contributed by atoms with van der Waals surface area (Å²) in [6, 6.07) is 0. The van der Waals surface area contributed by atoms with Gasteiger partial charge in [0.05, 0.1) is 0 Å². The fourth-order valence-electron chi connectivity index (χ4n) is 1.21. The predicted molar refractivity (Wildman–Crippen MR) is 40.7 cm³/mol. The molecule has 0 unspecified atom stereocenters. The molecule has 0 heterocycles. The Kier molecular flexibility index (Phi) is 0.822. The summed E-state index contributed by atoms with van der Waals surface area (Å²) in [5.74, 6) is 0. The highest BCUT2D eigenvalue weighted by Gasteiger charge is 2.15. The first kappa shape index (κ1) is 5.35. The third-order valence-electron chi connectivity index (χ3n) is 1.70. The number of nitrogens with two attached hydrogens (primary N) is 2. The molecule has 0 aromatic heterocycles. The Bertz CT molecular complexity index is 297. The maximum Gasteiger partial charge on any atom is 0.0394 e. The SMILES string of the molecule is NC1=CC2=CC=C(N)C2=C1. The Balaban J connectivity index is 2.50. The van der Waals surface area contributed by atoms with E-state index in [1.54, 1.807) is 0 Å². The minimum atomic E-state index is 0.789. The lowest BCUT2D eigenvalue weighted by atomic mass is 10.2. The zero-order valence-corrected chi connectivity index (χ0v) is 5.46. The van der Waals surface area contributed by atoms with Crippen LogP contribution in [0.5, 0.6) is 0 Å². The van der Waals surface area contributed by atoms with Crippen molar-refractivity contribution in [2.45, 2.75) is 0 Å². The van der Waals surface area contributed by atoms with Gasteiger partial charge in [-0.1, -0.05) is 6.08 Å². The molecule has 50 valence electrons. The number of hydrogen-bond donors (Lipinski definition) is 2. The first-order valence-electron chi connectivity index (χ1n) is 3.14. The number of hydrogen-bond acceptors (Lipinski definition) is 2. The molecule has 4 N–H and O–H groups in total. The number of rotatable bonds is 0. The second-order valence-electron chi connectivity index (χ2n) is 2.45. The maximum absolute atomic E-state index is 5.63. The van der Waals surface area contributed by atoms with Gasteiger partial charge in [0.15, 0.2) is 0 Å². The summed E-state index contributed by atoms with van der Waals surface area (Å²) in [5, 5.41) is 0. The van der Waals surface area contributed by atoms with Gasteiger partial charge in [0.2, 0.25) is 0 Å². The highest BCUT2D eigenvalue weighted by atomic mass is 14.6. The van der Waals surface area contributed by atoms with Crippen LogP contribution in [0.2, 0.25) is 0 Å². The first-order chi connectivity index (χ1) is 4.77. The molecule has 0 saturated heterocycles. The molecule has 0 spiro atoms. The number of fused-ring (bicyclic) bond motifs is 1. The normalized spacial score (nSPS) is 21.2. The Hall–Kier alpha value is -1.44. The van der Waals surface area contributed by atoms with E-state index in [0.29, 0.717) is 0 Å². The highest BCUT2D eigenvalue weighted by Crippen LogP contribution is 2.29. The van der Waals surface area contributed by atoms with Crippen molar-refractivity contribution in [1.29, 1.82) is 0 Å². The Labute approximate surface area is 59.2 Å². The molecule has 0 radical (unpaired) electrons. The van der Waals surface area contributed by atoms with Gasteiger partial charge in [-0.05, 0) is 23.8 Å². The molecular weight excluding hydrogens is 124 g/mol.